The number of carbonyl (C=O) groups excluding carboxylic acids is 2. The molecule has 2 atom stereocenters. The third-order valence-corrected chi connectivity index (χ3v) is 9.42. The molecule has 0 fully saturated rings. The number of benzene rings is 4. The van der Waals surface area contributed by atoms with Crippen LogP contribution in [0.2, 0.25) is 0 Å². The summed E-state index contributed by atoms with van der Waals surface area (Å²) in [5, 5.41) is 0. The van der Waals surface area contributed by atoms with Crippen LogP contribution in [0.4, 0.5) is 0 Å². The van der Waals surface area contributed by atoms with E-state index >= 15 is 0 Å². The van der Waals surface area contributed by atoms with E-state index in [1.54, 1.807) is 0 Å². The van der Waals surface area contributed by atoms with Crippen molar-refractivity contribution in [3.05, 3.63) is 142 Å². The molecule has 4 nitrogen and oxygen atoms in total. The van der Waals surface area contributed by atoms with Crippen molar-refractivity contribution in [1.29, 1.82) is 0 Å². The van der Waals surface area contributed by atoms with E-state index in [1.165, 1.54) is 44.5 Å². The normalized spacial score (nSPS) is 26.9. The SMILES string of the molecule is O=C(OOC(=O)C1CC2c3ccccc3C1c1ccccc12)C1CC2c3ccccc3C1c1ccccc12. The van der Waals surface area contributed by atoms with Crippen LogP contribution in [0.25, 0.3) is 0 Å². The van der Waals surface area contributed by atoms with Gasteiger partial charge < -0.3 is 0 Å². The zero-order chi connectivity index (χ0) is 25.4. The quantitative estimate of drug-likeness (QED) is 0.231. The Kier molecular flexibility index (Phi) is 4.69. The van der Waals surface area contributed by atoms with Crippen LogP contribution in [0.1, 0.15) is 81.0 Å². The van der Waals surface area contributed by atoms with Crippen LogP contribution in [0.15, 0.2) is 97.1 Å². The summed E-state index contributed by atoms with van der Waals surface area (Å²) in [6.07, 6.45) is 1.31. The molecule has 0 aromatic heterocycles. The summed E-state index contributed by atoms with van der Waals surface area (Å²) >= 11 is 0. The van der Waals surface area contributed by atoms with Crippen molar-refractivity contribution in [2.75, 3.05) is 0 Å². The maximum atomic E-state index is 13.5. The summed E-state index contributed by atoms with van der Waals surface area (Å²) < 4.78 is 0. The van der Waals surface area contributed by atoms with Crippen molar-refractivity contribution in [3.8, 4) is 0 Å². The lowest BCUT2D eigenvalue weighted by Gasteiger charge is -2.44. The van der Waals surface area contributed by atoms with Crippen molar-refractivity contribution in [2.45, 2.75) is 36.5 Å². The van der Waals surface area contributed by atoms with Gasteiger partial charge in [0, 0.05) is 23.7 Å². The fourth-order valence-electron chi connectivity index (χ4n) is 7.94. The van der Waals surface area contributed by atoms with E-state index in [4.69, 9.17) is 9.78 Å². The van der Waals surface area contributed by atoms with Gasteiger partial charge in [0.2, 0.25) is 0 Å². The summed E-state index contributed by atoms with van der Waals surface area (Å²) in [5.41, 5.74) is 9.84. The van der Waals surface area contributed by atoms with Gasteiger partial charge in [0.25, 0.3) is 0 Å². The highest BCUT2D eigenvalue weighted by Gasteiger charge is 2.49. The van der Waals surface area contributed by atoms with Gasteiger partial charge in [-0.15, -0.1) is 0 Å². The molecule has 0 radical (unpaired) electrons. The summed E-state index contributed by atoms with van der Waals surface area (Å²) in [5.74, 6) is -1.60. The Bertz CT molecular complexity index is 1400. The lowest BCUT2D eigenvalue weighted by molar-refractivity contribution is -0.266. The fourth-order valence-corrected chi connectivity index (χ4v) is 7.94. The Hall–Kier alpha value is -4.18. The second-order valence-electron chi connectivity index (χ2n) is 11.1. The molecular weight excluding hydrogens is 472 g/mol. The zero-order valence-electron chi connectivity index (χ0n) is 20.7. The maximum absolute atomic E-state index is 13.5. The van der Waals surface area contributed by atoms with Gasteiger partial charge in [-0.25, -0.2) is 19.4 Å². The van der Waals surface area contributed by atoms with E-state index in [0.29, 0.717) is 12.8 Å². The molecule has 0 heterocycles. The molecule has 4 aromatic rings. The van der Waals surface area contributed by atoms with E-state index in [2.05, 4.69) is 72.8 Å². The predicted octanol–water partition coefficient (Wildman–Crippen LogP) is 6.58. The minimum atomic E-state index is -0.459. The molecule has 4 bridgehead atoms. The summed E-state index contributed by atoms with van der Waals surface area (Å²) in [6, 6.07) is 33.5. The molecular formula is C34H26O4. The van der Waals surface area contributed by atoms with Gasteiger partial charge in [0.1, 0.15) is 0 Å². The van der Waals surface area contributed by atoms with Crippen molar-refractivity contribution < 1.29 is 19.4 Å². The average Bonchev–Trinajstić information content (AvgIpc) is 2.99. The van der Waals surface area contributed by atoms with Crippen molar-refractivity contribution in [3.63, 3.8) is 0 Å². The molecule has 6 aliphatic carbocycles. The number of fused-ring (bicyclic) bond motifs is 2. The van der Waals surface area contributed by atoms with E-state index in [-0.39, 0.29) is 35.5 Å². The summed E-state index contributed by atoms with van der Waals surface area (Å²) in [6.45, 7) is 0. The number of hydrogen-bond donors (Lipinski definition) is 0. The summed E-state index contributed by atoms with van der Waals surface area (Å²) in [7, 11) is 0. The molecule has 0 amide bonds. The zero-order valence-corrected chi connectivity index (χ0v) is 20.7. The number of carbonyl (C=O) groups is 2. The van der Waals surface area contributed by atoms with Crippen LogP contribution in [0.3, 0.4) is 0 Å². The molecule has 0 N–H and O–H groups in total. The highest BCUT2D eigenvalue weighted by atomic mass is 17.2. The highest BCUT2D eigenvalue weighted by Crippen LogP contribution is 2.57. The Morgan fingerprint density at radius 2 is 0.711 bits per heavy atom. The first-order valence-electron chi connectivity index (χ1n) is 13.5. The van der Waals surface area contributed by atoms with E-state index in [0.717, 1.165) is 0 Å². The van der Waals surface area contributed by atoms with Gasteiger partial charge in [0.05, 0.1) is 11.8 Å². The van der Waals surface area contributed by atoms with E-state index < -0.39 is 11.9 Å². The molecule has 0 aliphatic heterocycles. The third-order valence-electron chi connectivity index (χ3n) is 9.42. The second-order valence-corrected chi connectivity index (χ2v) is 11.1. The van der Waals surface area contributed by atoms with E-state index in [9.17, 15) is 9.59 Å². The molecule has 10 rings (SSSR count). The first kappa shape index (κ1) is 21.9. The van der Waals surface area contributed by atoms with Crippen LogP contribution in [0, 0.1) is 11.8 Å². The van der Waals surface area contributed by atoms with Gasteiger partial charge in [-0.2, -0.15) is 0 Å². The largest absolute Gasteiger partial charge is 0.359 e. The molecule has 0 spiro atoms. The lowest BCUT2D eigenvalue weighted by Crippen LogP contribution is -2.39. The molecule has 2 unspecified atom stereocenters. The van der Waals surface area contributed by atoms with Crippen molar-refractivity contribution >= 4 is 11.9 Å². The number of hydrogen-bond acceptors (Lipinski definition) is 4. The van der Waals surface area contributed by atoms with Crippen LogP contribution >= 0.6 is 0 Å². The number of rotatable bonds is 2. The Balaban J connectivity index is 1.06. The maximum Gasteiger partial charge on any atom is 0.359 e. The molecule has 0 saturated heterocycles. The average molecular weight is 499 g/mol. The Labute approximate surface area is 221 Å². The van der Waals surface area contributed by atoms with Gasteiger partial charge in [0.15, 0.2) is 0 Å². The molecule has 186 valence electrons. The lowest BCUT2D eigenvalue weighted by atomic mass is 9.59. The van der Waals surface area contributed by atoms with Crippen LogP contribution in [0.5, 0.6) is 0 Å². The fraction of sp³-hybridized carbons (Fsp3) is 0.235. The van der Waals surface area contributed by atoms with Gasteiger partial charge >= 0.3 is 11.9 Å². The van der Waals surface area contributed by atoms with Gasteiger partial charge in [-0.3, -0.25) is 0 Å². The van der Waals surface area contributed by atoms with Crippen molar-refractivity contribution in [2.24, 2.45) is 11.8 Å². The first-order valence-corrected chi connectivity index (χ1v) is 13.5. The van der Waals surface area contributed by atoms with Crippen molar-refractivity contribution in [1.82, 2.24) is 0 Å². The van der Waals surface area contributed by atoms with Gasteiger partial charge in [-0.05, 0) is 57.3 Å². The highest BCUT2D eigenvalue weighted by molar-refractivity contribution is 5.81. The Morgan fingerprint density at radius 1 is 0.447 bits per heavy atom. The van der Waals surface area contributed by atoms with Gasteiger partial charge in [-0.1, -0.05) is 97.1 Å². The minimum absolute atomic E-state index is 0.0944. The predicted molar refractivity (Wildman–Crippen MR) is 142 cm³/mol. The first-order chi connectivity index (χ1) is 18.7. The van der Waals surface area contributed by atoms with Crippen LogP contribution < -0.4 is 0 Å². The standard InChI is InChI=1S/C34H26O4/c35-33(29-17-27-19-9-1-5-13-23(19)31(29)24-14-6-2-10-20(24)27)37-38-34(36)30-18-28-21-11-3-7-15-25(21)32(30)26-16-8-4-12-22(26)28/h1-16,27-32H,17-18H2. The minimum Gasteiger partial charge on any atom is -0.247 e. The molecule has 6 aliphatic rings. The van der Waals surface area contributed by atoms with E-state index in [1.807, 2.05) is 24.3 Å². The molecule has 4 heteroatoms. The smallest absolute Gasteiger partial charge is 0.247 e. The molecule has 38 heavy (non-hydrogen) atoms. The topological polar surface area (TPSA) is 52.6 Å². The second kappa shape index (κ2) is 8.16. The third kappa shape index (κ3) is 2.97. The van der Waals surface area contributed by atoms with Crippen LogP contribution in [-0.2, 0) is 19.4 Å². The monoisotopic (exact) mass is 498 g/mol. The molecule has 0 saturated carbocycles. The summed E-state index contributed by atoms with van der Waals surface area (Å²) in [4.78, 5) is 37.7. The van der Waals surface area contributed by atoms with Crippen LogP contribution in [-0.4, -0.2) is 11.9 Å². The Morgan fingerprint density at radius 3 is 1.00 bits per heavy atom. The molecule has 4 aromatic carbocycles.